The third-order valence-electron chi connectivity index (χ3n) is 4.42. The molecule has 1 aliphatic heterocycles. The minimum absolute atomic E-state index is 0.0120. The van der Waals surface area contributed by atoms with Crippen LogP contribution < -0.4 is 15.4 Å². The van der Waals surface area contributed by atoms with Crippen LogP contribution in [0.15, 0.2) is 59.5 Å². The minimum atomic E-state index is -3.56. The molecule has 1 heterocycles. The van der Waals surface area contributed by atoms with Crippen LogP contribution in [-0.4, -0.2) is 45.0 Å². The lowest BCUT2D eigenvalue weighted by Gasteiger charge is -2.31. The molecule has 0 radical (unpaired) electrons. The number of nitrogens with zero attached hydrogens (tertiary/aromatic N) is 1. The number of hydrogen-bond acceptors (Lipinski definition) is 4. The van der Waals surface area contributed by atoms with Crippen molar-refractivity contribution in [1.82, 2.24) is 9.62 Å². The van der Waals surface area contributed by atoms with Crippen molar-refractivity contribution in [3.63, 3.8) is 0 Å². The van der Waals surface area contributed by atoms with Gasteiger partial charge in [-0.05, 0) is 49.2 Å². The number of carbonyl (C=O) groups excluding carboxylic acids is 1. The van der Waals surface area contributed by atoms with Gasteiger partial charge >= 0.3 is 6.03 Å². The lowest BCUT2D eigenvalue weighted by molar-refractivity contribution is 0.135. The van der Waals surface area contributed by atoms with E-state index in [0.29, 0.717) is 31.6 Å². The SMILES string of the molecule is CNC(=O)Nc1ccc(S(=O)(=O)N2CCC(Oc3ccccc3)CC2)cc1. The van der Waals surface area contributed by atoms with Gasteiger partial charge in [-0.15, -0.1) is 0 Å². The molecule has 0 bridgehead atoms. The summed E-state index contributed by atoms with van der Waals surface area (Å²) in [5.74, 6) is 0.804. The maximum Gasteiger partial charge on any atom is 0.318 e. The summed E-state index contributed by atoms with van der Waals surface area (Å²) < 4.78 is 33.1. The highest BCUT2D eigenvalue weighted by atomic mass is 32.2. The van der Waals surface area contributed by atoms with Crippen molar-refractivity contribution in [1.29, 1.82) is 0 Å². The first-order valence-corrected chi connectivity index (χ1v) is 10.2. The summed E-state index contributed by atoms with van der Waals surface area (Å²) in [6.45, 7) is 0.830. The molecule has 7 nitrogen and oxygen atoms in total. The Labute approximate surface area is 159 Å². The van der Waals surface area contributed by atoms with E-state index in [9.17, 15) is 13.2 Å². The standard InChI is InChI=1S/C19H23N3O4S/c1-20-19(23)21-15-7-9-18(10-8-15)27(24,25)22-13-11-17(12-14-22)26-16-5-3-2-4-6-16/h2-10,17H,11-14H2,1H3,(H2,20,21,23). The molecule has 1 saturated heterocycles. The molecule has 2 N–H and O–H groups in total. The molecule has 0 aromatic heterocycles. The van der Waals surface area contributed by atoms with E-state index < -0.39 is 10.0 Å². The zero-order chi connectivity index (χ0) is 19.3. The van der Waals surface area contributed by atoms with Gasteiger partial charge in [0.15, 0.2) is 0 Å². The fourth-order valence-electron chi connectivity index (χ4n) is 2.93. The number of para-hydroxylation sites is 1. The van der Waals surface area contributed by atoms with Gasteiger partial charge in [0.05, 0.1) is 4.90 Å². The van der Waals surface area contributed by atoms with Crippen molar-refractivity contribution in [2.45, 2.75) is 23.8 Å². The Morgan fingerprint density at radius 1 is 1.04 bits per heavy atom. The number of nitrogens with one attached hydrogen (secondary N) is 2. The summed E-state index contributed by atoms with van der Waals surface area (Å²) in [6, 6.07) is 15.4. The molecular weight excluding hydrogens is 366 g/mol. The van der Waals surface area contributed by atoms with Gasteiger partial charge < -0.3 is 15.4 Å². The molecule has 0 spiro atoms. The molecule has 2 aromatic carbocycles. The lowest BCUT2D eigenvalue weighted by atomic mass is 10.1. The first-order valence-electron chi connectivity index (χ1n) is 8.79. The second-order valence-corrected chi connectivity index (χ2v) is 8.20. The second-order valence-electron chi connectivity index (χ2n) is 6.26. The van der Waals surface area contributed by atoms with Crippen LogP contribution in [0.1, 0.15) is 12.8 Å². The zero-order valence-corrected chi connectivity index (χ0v) is 15.9. The summed E-state index contributed by atoms with van der Waals surface area (Å²) in [6.07, 6.45) is 1.30. The number of urea groups is 1. The molecule has 27 heavy (non-hydrogen) atoms. The van der Waals surface area contributed by atoms with E-state index in [1.54, 1.807) is 12.1 Å². The Hall–Kier alpha value is -2.58. The number of carbonyl (C=O) groups is 1. The monoisotopic (exact) mass is 389 g/mol. The number of piperidine rings is 1. The van der Waals surface area contributed by atoms with Crippen molar-refractivity contribution >= 4 is 21.7 Å². The van der Waals surface area contributed by atoms with Gasteiger partial charge in [-0.2, -0.15) is 4.31 Å². The van der Waals surface area contributed by atoms with E-state index in [4.69, 9.17) is 4.74 Å². The highest BCUT2D eigenvalue weighted by Crippen LogP contribution is 2.24. The molecular formula is C19H23N3O4S. The van der Waals surface area contributed by atoms with Crippen molar-refractivity contribution in [2.24, 2.45) is 0 Å². The predicted molar refractivity (Wildman–Crippen MR) is 103 cm³/mol. The molecule has 0 atom stereocenters. The Morgan fingerprint density at radius 2 is 1.67 bits per heavy atom. The quantitative estimate of drug-likeness (QED) is 0.823. The van der Waals surface area contributed by atoms with Gasteiger partial charge in [0.1, 0.15) is 11.9 Å². The number of amides is 2. The summed E-state index contributed by atoms with van der Waals surface area (Å²) in [7, 11) is -2.05. The second kappa shape index (κ2) is 8.41. The van der Waals surface area contributed by atoms with E-state index in [0.717, 1.165) is 5.75 Å². The van der Waals surface area contributed by atoms with Gasteiger partial charge in [0.25, 0.3) is 0 Å². The maximum atomic E-state index is 12.8. The minimum Gasteiger partial charge on any atom is -0.490 e. The van der Waals surface area contributed by atoms with E-state index in [1.807, 2.05) is 30.3 Å². The van der Waals surface area contributed by atoms with Crippen LogP contribution in [0.5, 0.6) is 5.75 Å². The maximum absolute atomic E-state index is 12.8. The van der Waals surface area contributed by atoms with Gasteiger partial charge in [0, 0.05) is 25.8 Å². The van der Waals surface area contributed by atoms with Crippen molar-refractivity contribution in [2.75, 3.05) is 25.5 Å². The van der Waals surface area contributed by atoms with Crippen LogP contribution in [0.25, 0.3) is 0 Å². The molecule has 2 amide bonds. The van der Waals surface area contributed by atoms with Gasteiger partial charge in [-0.25, -0.2) is 13.2 Å². The summed E-state index contributed by atoms with van der Waals surface area (Å²) in [5, 5.41) is 5.05. The topological polar surface area (TPSA) is 87.7 Å². The summed E-state index contributed by atoms with van der Waals surface area (Å²) in [4.78, 5) is 11.5. The number of anilines is 1. The third-order valence-corrected chi connectivity index (χ3v) is 6.34. The fraction of sp³-hybridized carbons (Fsp3) is 0.316. The largest absolute Gasteiger partial charge is 0.490 e. The third kappa shape index (κ3) is 4.78. The molecule has 1 fully saturated rings. The van der Waals surface area contributed by atoms with E-state index in [1.165, 1.54) is 23.5 Å². The van der Waals surface area contributed by atoms with Gasteiger partial charge in [-0.1, -0.05) is 18.2 Å². The van der Waals surface area contributed by atoms with Crippen LogP contribution in [0.4, 0.5) is 10.5 Å². The first-order chi connectivity index (χ1) is 13.0. The number of benzene rings is 2. The van der Waals surface area contributed by atoms with Crippen molar-refractivity contribution in [3.8, 4) is 5.75 Å². The fourth-order valence-corrected chi connectivity index (χ4v) is 4.40. The Bertz CT molecular complexity index is 862. The van der Waals surface area contributed by atoms with Crippen molar-refractivity contribution in [3.05, 3.63) is 54.6 Å². The summed E-state index contributed by atoms with van der Waals surface area (Å²) >= 11 is 0. The Balaban J connectivity index is 1.60. The zero-order valence-electron chi connectivity index (χ0n) is 15.1. The first kappa shape index (κ1) is 19.2. The van der Waals surface area contributed by atoms with Crippen LogP contribution in [-0.2, 0) is 10.0 Å². The molecule has 0 unspecified atom stereocenters. The number of ether oxygens (including phenoxy) is 1. The summed E-state index contributed by atoms with van der Waals surface area (Å²) in [5.41, 5.74) is 0.531. The molecule has 2 aromatic rings. The van der Waals surface area contributed by atoms with Crippen LogP contribution in [0.3, 0.4) is 0 Å². The average Bonchev–Trinajstić information content (AvgIpc) is 2.69. The van der Waals surface area contributed by atoms with E-state index in [2.05, 4.69) is 10.6 Å². The van der Waals surface area contributed by atoms with E-state index >= 15 is 0 Å². The van der Waals surface area contributed by atoms with Crippen LogP contribution in [0.2, 0.25) is 0 Å². The lowest BCUT2D eigenvalue weighted by Crippen LogP contribution is -2.41. The molecule has 0 saturated carbocycles. The molecule has 3 rings (SSSR count). The number of rotatable bonds is 5. The van der Waals surface area contributed by atoms with E-state index in [-0.39, 0.29) is 17.0 Å². The molecule has 0 aliphatic carbocycles. The Morgan fingerprint density at radius 3 is 2.26 bits per heavy atom. The normalized spacial score (nSPS) is 15.9. The van der Waals surface area contributed by atoms with Gasteiger partial charge in [-0.3, -0.25) is 0 Å². The number of hydrogen-bond donors (Lipinski definition) is 2. The van der Waals surface area contributed by atoms with Crippen molar-refractivity contribution < 1.29 is 17.9 Å². The highest BCUT2D eigenvalue weighted by Gasteiger charge is 2.30. The van der Waals surface area contributed by atoms with Gasteiger partial charge in [0.2, 0.25) is 10.0 Å². The van der Waals surface area contributed by atoms with Crippen LogP contribution >= 0.6 is 0 Å². The Kier molecular flexibility index (Phi) is 5.98. The average molecular weight is 389 g/mol. The smallest absolute Gasteiger partial charge is 0.318 e. The number of sulfonamides is 1. The van der Waals surface area contributed by atoms with Crippen LogP contribution in [0, 0.1) is 0 Å². The highest BCUT2D eigenvalue weighted by molar-refractivity contribution is 7.89. The molecule has 1 aliphatic rings. The predicted octanol–water partition coefficient (Wildman–Crippen LogP) is 2.67. The molecule has 8 heteroatoms. The molecule has 144 valence electrons.